The smallest absolute Gasteiger partial charge is 0.297 e. The Kier molecular flexibility index (Phi) is 5.19. The fraction of sp³-hybridized carbons (Fsp3) is 0.750. The first-order chi connectivity index (χ1) is 10.3. The van der Waals surface area contributed by atoms with Crippen molar-refractivity contribution in [2.45, 2.75) is 72.6 Å². The Bertz CT molecular complexity index is 460. The summed E-state index contributed by atoms with van der Waals surface area (Å²) in [5, 5.41) is 0. The molecule has 0 aromatic rings. The van der Waals surface area contributed by atoms with Gasteiger partial charge in [0.1, 0.15) is 0 Å². The molecule has 0 aromatic carbocycles. The van der Waals surface area contributed by atoms with Crippen molar-refractivity contribution in [2.24, 2.45) is 22.7 Å². The maximum atomic E-state index is 10.3. The van der Waals surface area contributed by atoms with Crippen molar-refractivity contribution < 1.29 is 9.53 Å². The van der Waals surface area contributed by atoms with Crippen LogP contribution < -0.4 is 0 Å². The third-order valence-corrected chi connectivity index (χ3v) is 6.47. The zero-order valence-corrected chi connectivity index (χ0v) is 14.8. The van der Waals surface area contributed by atoms with Crippen molar-refractivity contribution in [3.63, 3.8) is 0 Å². The van der Waals surface area contributed by atoms with Gasteiger partial charge < -0.3 is 4.74 Å². The molecule has 0 heterocycles. The lowest BCUT2D eigenvalue weighted by atomic mass is 9.47. The molecule has 0 aliphatic heterocycles. The van der Waals surface area contributed by atoms with Crippen LogP contribution in [0, 0.1) is 22.7 Å². The van der Waals surface area contributed by atoms with Crippen LogP contribution in [0.5, 0.6) is 0 Å². The molecule has 2 fully saturated rings. The lowest BCUT2D eigenvalue weighted by molar-refractivity contribution is -0.123. The van der Waals surface area contributed by atoms with Gasteiger partial charge in [-0.05, 0) is 73.7 Å². The number of hydrogen-bond acceptors (Lipinski definition) is 2. The first-order valence-electron chi connectivity index (χ1n) is 8.73. The Labute approximate surface area is 136 Å². The molecular weight excluding hydrogens is 272 g/mol. The summed E-state index contributed by atoms with van der Waals surface area (Å²) in [6.07, 6.45) is 10.2. The van der Waals surface area contributed by atoms with E-state index < -0.39 is 0 Å². The van der Waals surface area contributed by atoms with E-state index in [1.165, 1.54) is 37.7 Å². The minimum absolute atomic E-state index is 0.392. The highest BCUT2D eigenvalue weighted by Gasteiger charge is 2.52. The molecule has 0 saturated heterocycles. The van der Waals surface area contributed by atoms with E-state index in [-0.39, 0.29) is 0 Å². The van der Waals surface area contributed by atoms with Crippen LogP contribution in [0.25, 0.3) is 0 Å². The first-order valence-corrected chi connectivity index (χ1v) is 8.73. The van der Waals surface area contributed by atoms with Crippen LogP contribution in [0.3, 0.4) is 0 Å². The van der Waals surface area contributed by atoms with Crippen molar-refractivity contribution in [1.82, 2.24) is 0 Å². The number of ether oxygens (including phenoxy) is 1. The van der Waals surface area contributed by atoms with Gasteiger partial charge in [0.25, 0.3) is 6.47 Å². The maximum Gasteiger partial charge on any atom is 0.297 e. The van der Waals surface area contributed by atoms with Crippen molar-refractivity contribution in [2.75, 3.05) is 0 Å². The second-order valence-electron chi connectivity index (χ2n) is 8.39. The van der Waals surface area contributed by atoms with Gasteiger partial charge in [0.15, 0.2) is 0 Å². The van der Waals surface area contributed by atoms with E-state index >= 15 is 0 Å². The molecule has 0 radical (unpaired) electrons. The Morgan fingerprint density at radius 2 is 2.09 bits per heavy atom. The Morgan fingerprint density at radius 3 is 2.77 bits per heavy atom. The van der Waals surface area contributed by atoms with E-state index in [9.17, 15) is 4.79 Å². The van der Waals surface area contributed by atoms with E-state index in [2.05, 4.69) is 27.4 Å². The fourth-order valence-corrected chi connectivity index (χ4v) is 5.38. The summed E-state index contributed by atoms with van der Waals surface area (Å²) in [5.41, 5.74) is 3.43. The lowest BCUT2D eigenvalue weighted by Crippen LogP contribution is -2.49. The predicted octanol–water partition coefficient (Wildman–Crippen LogP) is 5.64. The Morgan fingerprint density at radius 1 is 1.36 bits per heavy atom. The zero-order valence-electron chi connectivity index (χ0n) is 14.8. The number of hydrogen-bond donors (Lipinski definition) is 0. The summed E-state index contributed by atoms with van der Waals surface area (Å²) in [6.45, 7) is 14.4. The average Bonchev–Trinajstić information content (AvgIpc) is 2.43. The van der Waals surface area contributed by atoms with Gasteiger partial charge in [-0.3, -0.25) is 4.79 Å². The van der Waals surface area contributed by atoms with Crippen molar-refractivity contribution in [3.05, 3.63) is 24.0 Å². The molecule has 0 amide bonds. The fourth-order valence-electron chi connectivity index (χ4n) is 5.38. The van der Waals surface area contributed by atoms with Gasteiger partial charge in [-0.2, -0.15) is 0 Å². The highest BCUT2D eigenvalue weighted by Crippen LogP contribution is 2.61. The number of fused-ring (bicyclic) bond motifs is 1. The Balaban J connectivity index is 2.14. The summed E-state index contributed by atoms with van der Waals surface area (Å²) in [5.74, 6) is 1.41. The van der Waals surface area contributed by atoms with E-state index in [0.29, 0.717) is 23.2 Å². The highest BCUT2D eigenvalue weighted by molar-refractivity contribution is 5.38. The molecule has 3 atom stereocenters. The molecule has 0 spiro atoms. The Hall–Kier alpha value is -1.05. The quantitative estimate of drug-likeness (QED) is 0.373. The van der Waals surface area contributed by atoms with Gasteiger partial charge in [0, 0.05) is 0 Å². The first kappa shape index (κ1) is 17.3. The molecule has 0 aromatic heterocycles. The summed E-state index contributed by atoms with van der Waals surface area (Å²) in [4.78, 5) is 10.3. The molecule has 0 N–H and O–H groups in total. The van der Waals surface area contributed by atoms with Gasteiger partial charge in [0.05, 0.1) is 6.26 Å². The molecule has 2 heteroatoms. The van der Waals surface area contributed by atoms with Crippen LogP contribution >= 0.6 is 0 Å². The molecule has 2 nitrogen and oxygen atoms in total. The molecule has 2 rings (SSSR count). The third kappa shape index (κ3) is 3.31. The van der Waals surface area contributed by atoms with Crippen LogP contribution in [0.15, 0.2) is 24.0 Å². The molecule has 3 unspecified atom stereocenters. The monoisotopic (exact) mass is 304 g/mol. The largest absolute Gasteiger partial charge is 0.437 e. The minimum atomic E-state index is 0.392. The second-order valence-corrected chi connectivity index (χ2v) is 8.39. The molecule has 124 valence electrons. The number of carbonyl (C=O) groups is 1. The van der Waals surface area contributed by atoms with Crippen molar-refractivity contribution in [3.8, 4) is 0 Å². The minimum Gasteiger partial charge on any atom is -0.437 e. The van der Waals surface area contributed by atoms with E-state index in [1.54, 1.807) is 6.26 Å². The summed E-state index contributed by atoms with van der Waals surface area (Å²) >= 11 is 0. The van der Waals surface area contributed by atoms with Crippen LogP contribution in [-0.2, 0) is 9.53 Å². The highest BCUT2D eigenvalue weighted by atomic mass is 16.5. The summed E-state index contributed by atoms with van der Waals surface area (Å²) in [7, 11) is 0. The standard InChI is InChI=1S/C20H32O2/c1-15(13-22-14-21)7-9-17-16(2)8-10-18-19(3,4)11-6-12-20(17,18)5/h13-14,17-18H,2,6-12H2,1,3-5H3. The van der Waals surface area contributed by atoms with E-state index in [1.807, 2.05) is 6.92 Å². The molecule has 22 heavy (non-hydrogen) atoms. The third-order valence-electron chi connectivity index (χ3n) is 6.47. The van der Waals surface area contributed by atoms with E-state index in [4.69, 9.17) is 4.74 Å². The van der Waals surface area contributed by atoms with Crippen molar-refractivity contribution in [1.29, 1.82) is 0 Å². The predicted molar refractivity (Wildman–Crippen MR) is 91.2 cm³/mol. The number of carbonyl (C=O) groups excluding carboxylic acids is 1. The number of rotatable bonds is 5. The van der Waals surface area contributed by atoms with E-state index in [0.717, 1.165) is 24.3 Å². The zero-order chi connectivity index (χ0) is 16.4. The molecule has 2 aliphatic carbocycles. The SMILES string of the molecule is C=C1CCC2C(C)(C)CCCC2(C)C1CCC(C)=COC=O. The molecular formula is C20H32O2. The van der Waals surface area contributed by atoms with Crippen LogP contribution in [-0.4, -0.2) is 6.47 Å². The topological polar surface area (TPSA) is 26.3 Å². The summed E-state index contributed by atoms with van der Waals surface area (Å²) in [6, 6.07) is 0. The van der Waals surface area contributed by atoms with Crippen LogP contribution in [0.1, 0.15) is 72.6 Å². The molecule has 0 bridgehead atoms. The van der Waals surface area contributed by atoms with Crippen molar-refractivity contribution >= 4 is 6.47 Å². The molecule has 2 saturated carbocycles. The van der Waals surface area contributed by atoms with Gasteiger partial charge in [-0.15, -0.1) is 0 Å². The average molecular weight is 304 g/mol. The summed E-state index contributed by atoms with van der Waals surface area (Å²) < 4.78 is 4.76. The normalized spacial score (nSPS) is 34.9. The van der Waals surface area contributed by atoms with Gasteiger partial charge in [-0.25, -0.2) is 0 Å². The van der Waals surface area contributed by atoms with Gasteiger partial charge >= 0.3 is 0 Å². The van der Waals surface area contributed by atoms with Gasteiger partial charge in [0.2, 0.25) is 0 Å². The number of allylic oxidation sites excluding steroid dienone is 2. The van der Waals surface area contributed by atoms with Gasteiger partial charge in [-0.1, -0.05) is 39.3 Å². The lowest BCUT2D eigenvalue weighted by Gasteiger charge is -2.58. The maximum absolute atomic E-state index is 10.3. The molecule has 2 aliphatic rings. The second kappa shape index (κ2) is 6.60. The van der Waals surface area contributed by atoms with Crippen LogP contribution in [0.2, 0.25) is 0 Å². The van der Waals surface area contributed by atoms with Crippen LogP contribution in [0.4, 0.5) is 0 Å².